The first-order valence-corrected chi connectivity index (χ1v) is 15.0. The molecular weight excluding hydrogens is 504 g/mol. The minimum absolute atomic E-state index is 0.0351. The van der Waals surface area contributed by atoms with Crippen LogP contribution in [0.5, 0.6) is 0 Å². The van der Waals surface area contributed by atoms with Gasteiger partial charge in [0.05, 0.1) is 4.90 Å². The molecule has 0 unspecified atom stereocenters. The van der Waals surface area contributed by atoms with E-state index in [2.05, 4.69) is 34.3 Å². The summed E-state index contributed by atoms with van der Waals surface area (Å²) in [6.07, 6.45) is 2.72. The van der Waals surface area contributed by atoms with Crippen molar-refractivity contribution in [3.8, 4) is 0 Å². The van der Waals surface area contributed by atoms with Crippen molar-refractivity contribution in [1.29, 1.82) is 0 Å². The number of hydrogen-bond acceptors (Lipinski definition) is 7. The molecule has 0 heterocycles. The van der Waals surface area contributed by atoms with E-state index in [4.69, 9.17) is 8.92 Å². The summed E-state index contributed by atoms with van der Waals surface area (Å²) in [7, 11) is -4.15. The molecule has 1 aromatic carbocycles. The summed E-state index contributed by atoms with van der Waals surface area (Å²) in [4.78, 5) is 26.7. The van der Waals surface area contributed by atoms with Crippen molar-refractivity contribution in [1.82, 2.24) is 0 Å². The van der Waals surface area contributed by atoms with Crippen molar-refractivity contribution >= 4 is 21.9 Å². The lowest BCUT2D eigenvalue weighted by Crippen LogP contribution is -2.61. The molecule has 3 saturated carbocycles. The van der Waals surface area contributed by atoms with E-state index in [0.29, 0.717) is 12.8 Å². The Hall–Kier alpha value is -2.03. The number of rotatable bonds is 6. The van der Waals surface area contributed by atoms with Crippen molar-refractivity contribution in [3.63, 3.8) is 0 Å². The second kappa shape index (κ2) is 9.86. The van der Waals surface area contributed by atoms with Gasteiger partial charge in [0.2, 0.25) is 0 Å². The van der Waals surface area contributed by atoms with Crippen molar-refractivity contribution in [2.45, 2.75) is 84.3 Å². The first kappa shape index (κ1) is 29.0. The molecule has 0 aliphatic heterocycles. The van der Waals surface area contributed by atoms with Crippen molar-refractivity contribution in [3.05, 3.63) is 42.5 Å². The molecule has 0 radical (unpaired) electrons. The summed E-state index contributed by atoms with van der Waals surface area (Å²) in [5.74, 6) is -1.13. The molecule has 210 valence electrons. The SMILES string of the molecule is C=C[C@]1(C)C[C@@H](OC(=O)COS(=O)(=O)c2ccc(C)cc2)[C@@]2(C)[C@@H]3C(=O)[C@@H](O)C[C@@]3(CC[C@@H]2C)[C@@H](C)[C@@H]1C. The Kier molecular flexibility index (Phi) is 7.52. The molecule has 0 aromatic heterocycles. The lowest BCUT2D eigenvalue weighted by Gasteiger charge is -2.62. The standard InChI is InChI=1S/C30H42O7S/c1-8-28(6)16-24(37-25(32)17-36-38(34,35)22-11-9-18(2)10-12-22)29(7)19(3)13-14-30(21(5)20(28)4)15-23(31)26(33)27(29)30/h8-12,19-21,23-24,27,31H,1,13-17H2,2-7H3/t19-,20-,21-,23-,24+,27-,28+,29-,30-/m0/s1. The minimum Gasteiger partial charge on any atom is -0.460 e. The molecule has 1 aromatic rings. The van der Waals surface area contributed by atoms with Crippen LogP contribution in [0.2, 0.25) is 0 Å². The summed E-state index contributed by atoms with van der Waals surface area (Å²) in [5, 5.41) is 10.8. The molecule has 38 heavy (non-hydrogen) atoms. The van der Waals surface area contributed by atoms with Crippen molar-refractivity contribution in [2.24, 2.45) is 39.9 Å². The molecule has 3 fully saturated rings. The quantitative estimate of drug-likeness (QED) is 0.309. The van der Waals surface area contributed by atoms with Gasteiger partial charge in [-0.3, -0.25) is 8.98 Å². The molecule has 9 atom stereocenters. The molecule has 0 saturated heterocycles. The number of ether oxygens (including phenoxy) is 1. The van der Waals surface area contributed by atoms with Gasteiger partial charge < -0.3 is 9.84 Å². The minimum atomic E-state index is -4.15. The zero-order valence-electron chi connectivity index (χ0n) is 23.4. The predicted octanol–water partition coefficient (Wildman–Crippen LogP) is 4.85. The zero-order valence-corrected chi connectivity index (χ0v) is 24.2. The van der Waals surface area contributed by atoms with E-state index in [-0.39, 0.29) is 28.4 Å². The van der Waals surface area contributed by atoms with Crippen LogP contribution < -0.4 is 0 Å². The van der Waals surface area contributed by atoms with Gasteiger partial charge in [-0.1, -0.05) is 58.4 Å². The molecule has 2 bridgehead atoms. The average Bonchev–Trinajstić information content (AvgIpc) is 3.14. The summed E-state index contributed by atoms with van der Waals surface area (Å²) < 4.78 is 36.5. The number of aliphatic hydroxyl groups excluding tert-OH is 1. The highest BCUT2D eigenvalue weighted by Crippen LogP contribution is 2.69. The summed E-state index contributed by atoms with van der Waals surface area (Å²) in [6.45, 7) is 15.8. The Labute approximate surface area is 227 Å². The Bertz CT molecular complexity index is 1210. The summed E-state index contributed by atoms with van der Waals surface area (Å²) >= 11 is 0. The average molecular weight is 547 g/mol. The van der Waals surface area contributed by atoms with Gasteiger partial charge in [-0.2, -0.15) is 8.42 Å². The number of aliphatic hydroxyl groups is 1. The Morgan fingerprint density at radius 1 is 1.13 bits per heavy atom. The number of esters is 1. The van der Waals surface area contributed by atoms with E-state index in [1.807, 2.05) is 19.9 Å². The maximum absolute atomic E-state index is 13.6. The highest BCUT2D eigenvalue weighted by molar-refractivity contribution is 7.86. The maximum atomic E-state index is 13.6. The van der Waals surface area contributed by atoms with Crippen molar-refractivity contribution < 1.29 is 32.0 Å². The number of benzene rings is 1. The topological polar surface area (TPSA) is 107 Å². The number of ketones is 1. The van der Waals surface area contributed by atoms with Crippen LogP contribution in [-0.2, 0) is 28.6 Å². The smallest absolute Gasteiger partial charge is 0.333 e. The molecule has 0 spiro atoms. The fraction of sp³-hybridized carbons (Fsp3) is 0.667. The zero-order chi connectivity index (χ0) is 28.3. The molecule has 3 aliphatic carbocycles. The lowest BCUT2D eigenvalue weighted by molar-refractivity contribution is -0.199. The van der Waals surface area contributed by atoms with Crippen LogP contribution in [0.15, 0.2) is 41.8 Å². The highest BCUT2D eigenvalue weighted by atomic mass is 32.2. The third-order valence-corrected chi connectivity index (χ3v) is 12.2. The maximum Gasteiger partial charge on any atom is 0.333 e. The number of carbonyl (C=O) groups excluding carboxylic acids is 2. The fourth-order valence-corrected chi connectivity index (χ4v) is 8.75. The molecule has 7 nitrogen and oxygen atoms in total. The van der Waals surface area contributed by atoms with Crippen LogP contribution >= 0.6 is 0 Å². The monoisotopic (exact) mass is 546 g/mol. The van der Waals surface area contributed by atoms with E-state index in [9.17, 15) is 23.1 Å². The van der Waals surface area contributed by atoms with Crippen LogP contribution in [0.3, 0.4) is 0 Å². The molecule has 8 heteroatoms. The third-order valence-electron chi connectivity index (χ3n) is 10.9. The van der Waals surface area contributed by atoms with Crippen molar-refractivity contribution in [2.75, 3.05) is 6.61 Å². The number of allylic oxidation sites excluding steroid dienone is 1. The van der Waals surface area contributed by atoms with Crippen LogP contribution in [0, 0.1) is 46.8 Å². The van der Waals surface area contributed by atoms with Gasteiger partial charge in [0.25, 0.3) is 10.1 Å². The number of aryl methyl sites for hydroxylation is 1. The number of Topliss-reactive ketones (excluding diaryl/α,β-unsaturated/α-hetero) is 1. The van der Waals surface area contributed by atoms with Crippen LogP contribution in [0.25, 0.3) is 0 Å². The normalized spacial score (nSPS) is 41.1. The molecule has 4 rings (SSSR count). The molecular formula is C30H42O7S. The first-order valence-electron chi connectivity index (χ1n) is 13.6. The van der Waals surface area contributed by atoms with Gasteiger partial charge in [0.15, 0.2) is 12.4 Å². The predicted molar refractivity (Wildman–Crippen MR) is 144 cm³/mol. The second-order valence-electron chi connectivity index (χ2n) is 12.6. The molecule has 1 N–H and O–H groups in total. The highest BCUT2D eigenvalue weighted by Gasteiger charge is 2.69. The van der Waals surface area contributed by atoms with Crippen LogP contribution in [0.4, 0.5) is 0 Å². The Balaban J connectivity index is 1.68. The van der Waals surface area contributed by atoms with Gasteiger partial charge in [-0.15, -0.1) is 6.58 Å². The van der Waals surface area contributed by atoms with Gasteiger partial charge >= 0.3 is 5.97 Å². The van der Waals surface area contributed by atoms with E-state index >= 15 is 0 Å². The van der Waals surface area contributed by atoms with Crippen LogP contribution in [0.1, 0.15) is 65.9 Å². The van der Waals surface area contributed by atoms with Gasteiger partial charge in [0, 0.05) is 11.3 Å². The molecule has 3 aliphatic rings. The fourth-order valence-electron chi connectivity index (χ4n) is 7.89. The second-order valence-corrected chi connectivity index (χ2v) is 14.2. The number of hydrogen-bond donors (Lipinski definition) is 1. The first-order chi connectivity index (χ1) is 17.6. The molecule has 0 amide bonds. The third kappa shape index (κ3) is 4.46. The largest absolute Gasteiger partial charge is 0.460 e. The lowest BCUT2D eigenvalue weighted by atomic mass is 9.42. The van der Waals surface area contributed by atoms with E-state index < -0.39 is 57.1 Å². The van der Waals surface area contributed by atoms with Gasteiger partial charge in [-0.05, 0) is 73.3 Å². The van der Waals surface area contributed by atoms with Crippen LogP contribution in [-0.4, -0.2) is 44.1 Å². The van der Waals surface area contributed by atoms with E-state index in [0.717, 1.165) is 18.4 Å². The van der Waals surface area contributed by atoms with E-state index in [1.165, 1.54) is 12.1 Å². The summed E-state index contributed by atoms with van der Waals surface area (Å²) in [5.41, 5.74) is -0.653. The number of carbonyl (C=O) groups is 2. The Morgan fingerprint density at radius 3 is 2.37 bits per heavy atom. The summed E-state index contributed by atoms with van der Waals surface area (Å²) in [6, 6.07) is 6.19. The van der Waals surface area contributed by atoms with E-state index in [1.54, 1.807) is 12.1 Å². The Morgan fingerprint density at radius 2 is 1.76 bits per heavy atom. The van der Waals surface area contributed by atoms with Gasteiger partial charge in [0.1, 0.15) is 12.2 Å². The van der Waals surface area contributed by atoms with Gasteiger partial charge in [-0.25, -0.2) is 4.79 Å².